The number of esters is 2. The van der Waals surface area contributed by atoms with Gasteiger partial charge in [0.05, 0.1) is 26.4 Å². The van der Waals surface area contributed by atoms with Crippen LogP contribution in [-0.2, 0) is 72.0 Å². The van der Waals surface area contributed by atoms with Crippen molar-refractivity contribution in [3.8, 4) is 0 Å². The van der Waals surface area contributed by atoms with E-state index < -0.39 is 61.1 Å². The smallest absolute Gasteiger partial charge is 0.303 e. The molecule has 0 saturated carbocycles. The largest absolute Gasteiger partial charge is 0.463 e. The highest BCUT2D eigenvalue weighted by molar-refractivity contribution is 5.66. The van der Waals surface area contributed by atoms with Crippen molar-refractivity contribution < 1.29 is 52.2 Å². The molecule has 0 aromatic heterocycles. The van der Waals surface area contributed by atoms with Crippen molar-refractivity contribution in [2.24, 2.45) is 0 Å². The van der Waals surface area contributed by atoms with Crippen molar-refractivity contribution >= 4 is 11.9 Å². The summed E-state index contributed by atoms with van der Waals surface area (Å²) in [6, 6.07) is 29.5. The van der Waals surface area contributed by atoms with Crippen LogP contribution in [0.3, 0.4) is 0 Å². The van der Waals surface area contributed by atoms with Crippen molar-refractivity contribution in [2.45, 2.75) is 82.9 Å². The molecule has 5 rings (SSSR count). The Morgan fingerprint density at radius 3 is 1.63 bits per heavy atom. The zero-order valence-electron chi connectivity index (χ0n) is 28.0. The number of carbonyl (C=O) groups excluding carboxylic acids is 2. The molecule has 1 fully saturated rings. The number of hydrogen-bond acceptors (Lipinski definition) is 11. The van der Waals surface area contributed by atoms with Gasteiger partial charge in [-0.15, -0.1) is 0 Å². The molecule has 11 heteroatoms. The van der Waals surface area contributed by atoms with Gasteiger partial charge in [-0.05, 0) is 28.8 Å². The summed E-state index contributed by atoms with van der Waals surface area (Å²) in [6.07, 6.45) is -2.52. The molecule has 3 aromatic carbocycles. The molecule has 8 atom stereocenters. The Labute approximate surface area is 286 Å². The molecule has 2 heterocycles. The number of hydrogen-bond donors (Lipinski definition) is 0. The van der Waals surface area contributed by atoms with Crippen LogP contribution in [0.4, 0.5) is 0 Å². The molecule has 49 heavy (non-hydrogen) atoms. The summed E-state index contributed by atoms with van der Waals surface area (Å²) in [6.45, 7) is 3.38. The van der Waals surface area contributed by atoms with Crippen LogP contribution in [0.5, 0.6) is 0 Å². The lowest BCUT2D eigenvalue weighted by Crippen LogP contribution is -2.61. The molecular weight excluding hydrogens is 632 g/mol. The lowest BCUT2D eigenvalue weighted by atomic mass is 9.97. The van der Waals surface area contributed by atoms with E-state index in [1.807, 2.05) is 91.0 Å². The van der Waals surface area contributed by atoms with Gasteiger partial charge in [-0.1, -0.05) is 91.0 Å². The molecule has 0 spiro atoms. The number of methoxy groups -OCH3 is 1. The molecule has 262 valence electrons. The van der Waals surface area contributed by atoms with Crippen LogP contribution in [0.1, 0.15) is 30.5 Å². The molecule has 0 N–H and O–H groups in total. The van der Waals surface area contributed by atoms with Crippen LogP contribution in [0.15, 0.2) is 103 Å². The summed E-state index contributed by atoms with van der Waals surface area (Å²) < 4.78 is 54.9. The highest BCUT2D eigenvalue weighted by Gasteiger charge is 2.49. The Morgan fingerprint density at radius 1 is 0.592 bits per heavy atom. The minimum absolute atomic E-state index is 0.0173. The zero-order valence-corrected chi connectivity index (χ0v) is 28.0. The van der Waals surface area contributed by atoms with Crippen molar-refractivity contribution in [3.05, 3.63) is 120 Å². The molecule has 2 aliphatic heterocycles. The van der Waals surface area contributed by atoms with Gasteiger partial charge in [-0.25, -0.2) is 0 Å². The van der Waals surface area contributed by atoms with E-state index in [1.165, 1.54) is 13.8 Å². The van der Waals surface area contributed by atoms with Crippen molar-refractivity contribution in [1.82, 2.24) is 0 Å². The van der Waals surface area contributed by atoms with E-state index in [4.69, 9.17) is 42.6 Å². The van der Waals surface area contributed by atoms with Crippen LogP contribution in [-0.4, -0.2) is 81.5 Å². The summed E-state index contributed by atoms with van der Waals surface area (Å²) in [5, 5.41) is 0. The first-order valence-electron chi connectivity index (χ1n) is 16.3. The molecule has 0 amide bonds. The van der Waals surface area contributed by atoms with Crippen molar-refractivity contribution in [3.63, 3.8) is 0 Å². The molecule has 0 aliphatic carbocycles. The van der Waals surface area contributed by atoms with E-state index >= 15 is 0 Å². The summed E-state index contributed by atoms with van der Waals surface area (Å²) >= 11 is 0. The predicted molar refractivity (Wildman–Crippen MR) is 177 cm³/mol. The molecule has 2 aliphatic rings. The van der Waals surface area contributed by atoms with Crippen LogP contribution in [0, 0.1) is 0 Å². The molecule has 1 saturated heterocycles. The standard InChI is InChI=1S/C38H44O11/c1-26(39)42-24-32-31(47-27(2)40)19-20-34(48-32)43-25-33-35(44-21-28-13-7-4-8-14-28)36(45-22-29-15-9-5-10-16-29)37(38(41-3)49-33)46-23-30-17-11-6-12-18-30/h4-20,31-38H,21-25H2,1-3H3/t31-,32+,33+,34-,35+,36-,37+,38-/m0/s1. The fraction of sp³-hybridized carbons (Fsp3) is 0.421. The Kier molecular flexibility index (Phi) is 13.9. The highest BCUT2D eigenvalue weighted by Crippen LogP contribution is 2.32. The Morgan fingerprint density at radius 2 is 1.12 bits per heavy atom. The summed E-state index contributed by atoms with van der Waals surface area (Å²) in [5.74, 6) is -0.974. The van der Waals surface area contributed by atoms with Gasteiger partial charge in [0.25, 0.3) is 0 Å². The number of benzene rings is 3. The second-order valence-corrected chi connectivity index (χ2v) is 11.7. The number of rotatable bonds is 16. The van der Waals surface area contributed by atoms with Gasteiger partial charge in [0.15, 0.2) is 12.6 Å². The average molecular weight is 677 g/mol. The molecule has 0 unspecified atom stereocenters. The SMILES string of the molecule is CO[C@H]1O[C@H](CO[C@@H]2C=C[C@H](OC(C)=O)[C@@H](COC(C)=O)O2)[C@@H](OCc2ccccc2)[C@H](OCc2ccccc2)[C@H]1OCc1ccccc1. The van der Waals surface area contributed by atoms with Gasteiger partial charge in [-0.2, -0.15) is 0 Å². The van der Waals surface area contributed by atoms with E-state index in [0.717, 1.165) is 16.7 Å². The van der Waals surface area contributed by atoms with E-state index in [-0.39, 0.29) is 19.8 Å². The topological polar surface area (TPSA) is 117 Å². The van der Waals surface area contributed by atoms with Crippen molar-refractivity contribution in [2.75, 3.05) is 20.3 Å². The lowest BCUT2D eigenvalue weighted by Gasteiger charge is -2.45. The third-order valence-electron chi connectivity index (χ3n) is 7.99. The molecular formula is C38H44O11. The normalized spacial score (nSPS) is 26.6. The average Bonchev–Trinajstić information content (AvgIpc) is 3.12. The maximum absolute atomic E-state index is 11.7. The van der Waals surface area contributed by atoms with Crippen LogP contribution in [0.25, 0.3) is 0 Å². The van der Waals surface area contributed by atoms with Gasteiger partial charge in [0, 0.05) is 21.0 Å². The molecule has 3 aromatic rings. The fourth-order valence-corrected chi connectivity index (χ4v) is 5.61. The van der Waals surface area contributed by atoms with Crippen LogP contribution < -0.4 is 0 Å². The maximum Gasteiger partial charge on any atom is 0.303 e. The zero-order chi connectivity index (χ0) is 34.4. The second-order valence-electron chi connectivity index (χ2n) is 11.7. The first-order valence-corrected chi connectivity index (χ1v) is 16.3. The maximum atomic E-state index is 11.7. The van der Waals surface area contributed by atoms with Gasteiger partial charge in [0.2, 0.25) is 0 Å². The van der Waals surface area contributed by atoms with Gasteiger partial charge in [0.1, 0.15) is 43.2 Å². The Bertz CT molecular complexity index is 1450. The highest BCUT2D eigenvalue weighted by atomic mass is 16.7. The third-order valence-corrected chi connectivity index (χ3v) is 7.99. The molecule has 0 bridgehead atoms. The van der Waals surface area contributed by atoms with Crippen LogP contribution >= 0.6 is 0 Å². The summed E-state index contributed by atoms with van der Waals surface area (Å²) in [7, 11) is 1.56. The summed E-state index contributed by atoms with van der Waals surface area (Å²) in [5.41, 5.74) is 2.95. The molecule has 11 nitrogen and oxygen atoms in total. The number of ether oxygens (including phenoxy) is 9. The van der Waals surface area contributed by atoms with Gasteiger partial charge < -0.3 is 42.6 Å². The summed E-state index contributed by atoms with van der Waals surface area (Å²) in [4.78, 5) is 23.2. The van der Waals surface area contributed by atoms with E-state index in [1.54, 1.807) is 19.3 Å². The number of carbonyl (C=O) groups is 2. The fourth-order valence-electron chi connectivity index (χ4n) is 5.61. The molecule has 0 radical (unpaired) electrons. The van der Waals surface area contributed by atoms with E-state index in [2.05, 4.69) is 0 Å². The second kappa shape index (κ2) is 18.7. The first-order chi connectivity index (χ1) is 23.9. The predicted octanol–water partition coefficient (Wildman–Crippen LogP) is 4.91. The van der Waals surface area contributed by atoms with Gasteiger partial charge in [-0.3, -0.25) is 9.59 Å². The Balaban J connectivity index is 1.38. The third kappa shape index (κ3) is 11.0. The quantitative estimate of drug-likeness (QED) is 0.152. The van der Waals surface area contributed by atoms with Crippen LogP contribution in [0.2, 0.25) is 0 Å². The van der Waals surface area contributed by atoms with Gasteiger partial charge >= 0.3 is 11.9 Å². The Hall–Kier alpha value is -3.94. The minimum atomic E-state index is -0.859. The lowest BCUT2D eigenvalue weighted by molar-refractivity contribution is -0.327. The first kappa shape index (κ1) is 36.3. The van der Waals surface area contributed by atoms with Crippen molar-refractivity contribution in [1.29, 1.82) is 0 Å². The van der Waals surface area contributed by atoms with E-state index in [9.17, 15) is 9.59 Å². The monoisotopic (exact) mass is 676 g/mol. The minimum Gasteiger partial charge on any atom is -0.463 e. The van der Waals surface area contributed by atoms with E-state index in [0.29, 0.717) is 13.2 Å².